The van der Waals surface area contributed by atoms with Gasteiger partial charge in [-0.1, -0.05) is 351 Å². The molecule has 0 spiro atoms. The van der Waals surface area contributed by atoms with Crippen LogP contribution in [0.25, 0.3) is 0 Å². The molecule has 19 heteroatoms. The van der Waals surface area contributed by atoms with Crippen LogP contribution in [-0.2, 0) is 65.4 Å². The number of ether oxygens (including phenoxy) is 4. The minimum absolute atomic E-state index is 0.104. The predicted molar refractivity (Wildman–Crippen MR) is 400 cm³/mol. The summed E-state index contributed by atoms with van der Waals surface area (Å²) in [7, 11) is -9.92. The Labute approximate surface area is 600 Å². The van der Waals surface area contributed by atoms with Gasteiger partial charge in [-0.25, -0.2) is 9.13 Å². The van der Waals surface area contributed by atoms with E-state index in [9.17, 15) is 43.2 Å². The maximum atomic E-state index is 13.1. The molecule has 0 amide bonds. The number of phosphoric ester groups is 2. The van der Waals surface area contributed by atoms with Crippen molar-refractivity contribution in [2.75, 3.05) is 39.6 Å². The van der Waals surface area contributed by atoms with Crippen molar-refractivity contribution in [3.05, 3.63) is 0 Å². The zero-order chi connectivity index (χ0) is 72.4. The molecule has 0 aromatic carbocycles. The van der Waals surface area contributed by atoms with Gasteiger partial charge in [0.2, 0.25) is 0 Å². The summed E-state index contributed by atoms with van der Waals surface area (Å²) in [4.78, 5) is 72.9. The molecule has 0 saturated heterocycles. The van der Waals surface area contributed by atoms with Crippen molar-refractivity contribution in [3.8, 4) is 0 Å². The van der Waals surface area contributed by atoms with E-state index in [0.717, 1.165) is 120 Å². The minimum atomic E-state index is -4.96. The lowest BCUT2D eigenvalue weighted by atomic mass is 9.99. The third-order valence-electron chi connectivity index (χ3n) is 19.0. The summed E-state index contributed by atoms with van der Waals surface area (Å²) in [5, 5.41) is 10.6. The second-order valence-electron chi connectivity index (χ2n) is 29.9. The summed E-state index contributed by atoms with van der Waals surface area (Å²) in [6.07, 6.45) is 54.1. The molecule has 0 rings (SSSR count). The van der Waals surface area contributed by atoms with Crippen molar-refractivity contribution in [2.24, 2.45) is 23.7 Å². The van der Waals surface area contributed by atoms with Gasteiger partial charge in [0.1, 0.15) is 19.3 Å². The lowest BCUT2D eigenvalue weighted by molar-refractivity contribution is -0.161. The van der Waals surface area contributed by atoms with Crippen LogP contribution in [0.15, 0.2) is 0 Å². The number of unbranched alkanes of at least 4 members (excludes halogenated alkanes) is 40. The van der Waals surface area contributed by atoms with E-state index >= 15 is 0 Å². The molecule has 0 fully saturated rings. The van der Waals surface area contributed by atoms with E-state index in [1.165, 1.54) is 199 Å². The van der Waals surface area contributed by atoms with E-state index in [2.05, 4.69) is 55.4 Å². The Bertz CT molecular complexity index is 1920. The highest BCUT2D eigenvalue weighted by Gasteiger charge is 2.30. The van der Waals surface area contributed by atoms with Gasteiger partial charge in [0, 0.05) is 25.7 Å². The van der Waals surface area contributed by atoms with Crippen molar-refractivity contribution >= 4 is 39.5 Å². The highest BCUT2D eigenvalue weighted by atomic mass is 31.2. The zero-order valence-electron chi connectivity index (χ0n) is 64.4. The monoisotopic (exact) mass is 1440 g/mol. The van der Waals surface area contributed by atoms with Crippen LogP contribution in [0, 0.1) is 23.7 Å². The molecular weight excluding hydrogens is 1280 g/mol. The number of rotatable bonds is 76. The third kappa shape index (κ3) is 69.8. The first-order valence-electron chi connectivity index (χ1n) is 40.8. The van der Waals surface area contributed by atoms with E-state index in [-0.39, 0.29) is 25.7 Å². The zero-order valence-corrected chi connectivity index (χ0v) is 66.2. The Kier molecular flexibility index (Phi) is 66.8. The number of hydrogen-bond donors (Lipinski definition) is 3. The van der Waals surface area contributed by atoms with Crippen molar-refractivity contribution in [1.29, 1.82) is 0 Å². The molecule has 0 saturated carbocycles. The average Bonchev–Trinajstić information content (AvgIpc) is 1.18. The number of phosphoric acid groups is 2. The Hall–Kier alpha value is -1.94. The molecule has 4 unspecified atom stereocenters. The van der Waals surface area contributed by atoms with Gasteiger partial charge in [0.05, 0.1) is 26.4 Å². The molecular formula is C79H154O17P2. The van der Waals surface area contributed by atoms with Crippen LogP contribution >= 0.6 is 15.6 Å². The largest absolute Gasteiger partial charge is 0.472 e. The standard InChI is InChI=1S/C79H154O17P2/c1-9-71(7)57-49-41-33-29-30-36-46-54-62-79(84)96-75(66-90-77(82)60-52-44-38-37-42-50-58-72(8)10-2)68-94-98(87,88)92-64-73(80)63-91-97(85,86)93-67-74(65-89-76(81)59-51-43-34-27-23-19-16-15-18-22-26-32-40-48-56-70(5)6)95-78(83)61-53-45-35-28-24-20-14-12-11-13-17-21-25-31-39-47-55-69(3)4/h69-75,80H,9-68H2,1-8H3,(H,85,86)(H,87,88)/t71?,72?,73-,74-,75-/m1/s1. The molecule has 98 heavy (non-hydrogen) atoms. The van der Waals surface area contributed by atoms with Gasteiger partial charge in [-0.05, 0) is 49.4 Å². The van der Waals surface area contributed by atoms with Gasteiger partial charge in [0.25, 0.3) is 0 Å². The maximum absolute atomic E-state index is 13.1. The van der Waals surface area contributed by atoms with Crippen molar-refractivity contribution in [1.82, 2.24) is 0 Å². The summed E-state index contributed by atoms with van der Waals surface area (Å²) in [6.45, 7) is 14.2. The second-order valence-corrected chi connectivity index (χ2v) is 32.8. The van der Waals surface area contributed by atoms with Gasteiger partial charge >= 0.3 is 39.5 Å². The number of carbonyl (C=O) groups excluding carboxylic acids is 4. The summed E-state index contributed by atoms with van der Waals surface area (Å²) < 4.78 is 68.6. The fourth-order valence-electron chi connectivity index (χ4n) is 12.0. The smallest absolute Gasteiger partial charge is 0.462 e. The van der Waals surface area contributed by atoms with E-state index < -0.39 is 97.5 Å². The molecule has 582 valence electrons. The molecule has 0 bridgehead atoms. The van der Waals surface area contributed by atoms with Crippen molar-refractivity contribution < 1.29 is 80.2 Å². The molecule has 0 aliphatic carbocycles. The molecule has 0 heterocycles. The lowest BCUT2D eigenvalue weighted by Gasteiger charge is -2.21. The number of aliphatic hydroxyl groups is 1. The first-order valence-corrected chi connectivity index (χ1v) is 43.8. The molecule has 0 aliphatic rings. The average molecular weight is 1440 g/mol. The lowest BCUT2D eigenvalue weighted by Crippen LogP contribution is -2.30. The van der Waals surface area contributed by atoms with Crippen LogP contribution in [0.2, 0.25) is 0 Å². The molecule has 0 radical (unpaired) electrons. The summed E-state index contributed by atoms with van der Waals surface area (Å²) in [5.74, 6) is 0.990. The highest BCUT2D eigenvalue weighted by Crippen LogP contribution is 2.45. The predicted octanol–water partition coefficient (Wildman–Crippen LogP) is 23.2. The molecule has 7 atom stereocenters. The van der Waals surface area contributed by atoms with Crippen LogP contribution in [0.3, 0.4) is 0 Å². The molecule has 0 aliphatic heterocycles. The number of esters is 4. The van der Waals surface area contributed by atoms with Gasteiger partial charge in [0.15, 0.2) is 12.2 Å². The van der Waals surface area contributed by atoms with E-state index in [1.807, 2.05) is 0 Å². The highest BCUT2D eigenvalue weighted by molar-refractivity contribution is 7.47. The van der Waals surface area contributed by atoms with Crippen molar-refractivity contribution in [3.63, 3.8) is 0 Å². The van der Waals surface area contributed by atoms with Crippen LogP contribution in [0.4, 0.5) is 0 Å². The van der Waals surface area contributed by atoms with Gasteiger partial charge in [-0.3, -0.25) is 37.3 Å². The van der Waals surface area contributed by atoms with Crippen LogP contribution in [0.1, 0.15) is 402 Å². The summed E-state index contributed by atoms with van der Waals surface area (Å²) >= 11 is 0. The third-order valence-corrected chi connectivity index (χ3v) is 20.9. The number of hydrogen-bond acceptors (Lipinski definition) is 15. The van der Waals surface area contributed by atoms with Gasteiger partial charge in [-0.15, -0.1) is 0 Å². The van der Waals surface area contributed by atoms with Gasteiger partial charge in [-0.2, -0.15) is 0 Å². The Morgan fingerprint density at radius 3 is 0.724 bits per heavy atom. The van der Waals surface area contributed by atoms with Crippen LogP contribution in [0.5, 0.6) is 0 Å². The summed E-state index contributed by atoms with van der Waals surface area (Å²) in [6, 6.07) is 0. The van der Waals surface area contributed by atoms with Crippen LogP contribution < -0.4 is 0 Å². The molecule has 3 N–H and O–H groups in total. The first kappa shape index (κ1) is 96.1. The first-order chi connectivity index (χ1) is 47.2. The SMILES string of the molecule is CCC(C)CCCCCCCCCCC(=O)O[C@H](COC(=O)CCCCCCCCC(C)CC)COP(=O)(O)OC[C@H](O)COP(=O)(O)OC[C@@H](COC(=O)CCCCCCCCCCCCCCCCC(C)C)OC(=O)CCCCCCCCCCCCCCCCCCC(C)C. The van der Waals surface area contributed by atoms with Crippen LogP contribution in [-0.4, -0.2) is 96.7 Å². The van der Waals surface area contributed by atoms with Crippen molar-refractivity contribution in [2.45, 2.75) is 420 Å². The second kappa shape index (κ2) is 68.2. The number of aliphatic hydroxyl groups excluding tert-OH is 1. The summed E-state index contributed by atoms with van der Waals surface area (Å²) in [5.41, 5.74) is 0. The molecule has 17 nitrogen and oxygen atoms in total. The van der Waals surface area contributed by atoms with Gasteiger partial charge < -0.3 is 33.8 Å². The Morgan fingerprint density at radius 2 is 0.490 bits per heavy atom. The minimum Gasteiger partial charge on any atom is -0.462 e. The Morgan fingerprint density at radius 1 is 0.286 bits per heavy atom. The van der Waals surface area contributed by atoms with E-state index in [0.29, 0.717) is 25.7 Å². The molecule has 0 aromatic heterocycles. The topological polar surface area (TPSA) is 237 Å². The quantitative estimate of drug-likeness (QED) is 0.0222. The Balaban J connectivity index is 5.24. The van der Waals surface area contributed by atoms with E-state index in [1.54, 1.807) is 0 Å². The number of carbonyl (C=O) groups is 4. The van der Waals surface area contributed by atoms with E-state index in [4.69, 9.17) is 37.0 Å². The maximum Gasteiger partial charge on any atom is 0.472 e. The normalized spacial score (nSPS) is 14.6. The fraction of sp³-hybridized carbons (Fsp3) is 0.949. The molecule has 0 aromatic rings. The fourth-order valence-corrected chi connectivity index (χ4v) is 13.6.